The molecule has 0 saturated carbocycles. The molecule has 1 aliphatic rings. The molecule has 0 fully saturated rings. The molecule has 0 amide bonds. The summed E-state index contributed by atoms with van der Waals surface area (Å²) in [7, 11) is 0. The number of hydrogen-bond acceptors (Lipinski definition) is 4. The van der Waals surface area contributed by atoms with Crippen LogP contribution >= 0.6 is 0 Å². The predicted molar refractivity (Wildman–Crippen MR) is 83.5 cm³/mol. The van der Waals surface area contributed by atoms with Crippen LogP contribution in [0, 0.1) is 17.0 Å². The van der Waals surface area contributed by atoms with E-state index < -0.39 is 4.92 Å². The van der Waals surface area contributed by atoms with Crippen molar-refractivity contribution in [2.75, 3.05) is 18.1 Å². The van der Waals surface area contributed by atoms with Crippen molar-refractivity contribution < 1.29 is 9.62 Å². The zero-order valence-electron chi connectivity index (χ0n) is 12.3. The Balaban J connectivity index is 1.86. The Kier molecular flexibility index (Phi) is 3.82. The van der Waals surface area contributed by atoms with Crippen molar-refractivity contribution in [2.24, 2.45) is 5.22 Å². The molecule has 0 atom stereocenters. The van der Waals surface area contributed by atoms with Crippen LogP contribution in [-0.2, 0) is 0 Å². The van der Waals surface area contributed by atoms with Gasteiger partial charge in [0.1, 0.15) is 24.5 Å². The minimum absolute atomic E-state index is 0.0937. The maximum atomic E-state index is 10.7. The van der Waals surface area contributed by atoms with Gasteiger partial charge in [-0.1, -0.05) is 17.7 Å². The Morgan fingerprint density at radius 2 is 1.82 bits per heavy atom. The number of nitro benzene ring substituents is 1. The molecule has 1 heterocycles. The standard InChI is InChI=1S/C16H17N4O2/c1-13-3-5-14(6-4-13)18-11-2-12-19(17-18)15-7-9-16(10-8-15)20(21)22/h3-10H,2,11-12H2,1H3/q+1. The second kappa shape index (κ2) is 5.93. The van der Waals surface area contributed by atoms with Crippen LogP contribution in [0.1, 0.15) is 12.0 Å². The van der Waals surface area contributed by atoms with Crippen molar-refractivity contribution in [2.45, 2.75) is 13.3 Å². The minimum atomic E-state index is -0.393. The Hall–Kier alpha value is -2.76. The van der Waals surface area contributed by atoms with Crippen molar-refractivity contribution in [1.82, 2.24) is 0 Å². The van der Waals surface area contributed by atoms with Crippen molar-refractivity contribution in [3.8, 4) is 0 Å². The largest absolute Gasteiger partial charge is 0.269 e. The number of nitro groups is 1. The van der Waals surface area contributed by atoms with E-state index in [1.807, 2.05) is 9.71 Å². The molecule has 0 aromatic heterocycles. The molecule has 3 rings (SSSR count). The maximum absolute atomic E-state index is 10.7. The lowest BCUT2D eigenvalue weighted by Crippen LogP contribution is -2.28. The Bertz CT molecular complexity index is 708. The van der Waals surface area contributed by atoms with E-state index in [-0.39, 0.29) is 5.69 Å². The van der Waals surface area contributed by atoms with Crippen LogP contribution in [0.2, 0.25) is 0 Å². The summed E-state index contributed by atoms with van der Waals surface area (Å²) in [5.74, 6) is 0. The summed E-state index contributed by atoms with van der Waals surface area (Å²) in [6, 6.07) is 14.7. The van der Waals surface area contributed by atoms with Gasteiger partial charge >= 0.3 is 0 Å². The molecule has 0 radical (unpaired) electrons. The highest BCUT2D eigenvalue weighted by molar-refractivity contribution is 5.46. The maximum Gasteiger partial charge on any atom is 0.269 e. The van der Waals surface area contributed by atoms with Gasteiger partial charge < -0.3 is 0 Å². The number of nitrogens with zero attached hydrogens (tertiary/aromatic N) is 4. The first-order chi connectivity index (χ1) is 10.6. The number of non-ortho nitro benzene ring substituents is 1. The van der Waals surface area contributed by atoms with Gasteiger partial charge in [-0.3, -0.25) is 10.1 Å². The van der Waals surface area contributed by atoms with Crippen LogP contribution in [-0.4, -0.2) is 22.7 Å². The second-order valence-corrected chi connectivity index (χ2v) is 5.30. The van der Waals surface area contributed by atoms with E-state index in [1.54, 1.807) is 12.1 Å². The van der Waals surface area contributed by atoms with Gasteiger partial charge in [0, 0.05) is 18.6 Å². The molecule has 112 valence electrons. The zero-order chi connectivity index (χ0) is 15.5. The molecular weight excluding hydrogens is 280 g/mol. The van der Waals surface area contributed by atoms with Crippen molar-refractivity contribution in [1.29, 1.82) is 0 Å². The third-order valence-electron chi connectivity index (χ3n) is 3.65. The van der Waals surface area contributed by atoms with Gasteiger partial charge in [-0.15, -0.1) is 9.71 Å². The molecule has 6 heteroatoms. The number of anilines is 1. The summed E-state index contributed by atoms with van der Waals surface area (Å²) in [4.78, 5) is 10.3. The van der Waals surface area contributed by atoms with Crippen LogP contribution in [0.25, 0.3) is 0 Å². The lowest BCUT2D eigenvalue weighted by molar-refractivity contribution is -0.521. The van der Waals surface area contributed by atoms with E-state index in [1.165, 1.54) is 17.7 Å². The van der Waals surface area contributed by atoms with Crippen LogP contribution in [0.3, 0.4) is 0 Å². The van der Waals surface area contributed by atoms with E-state index >= 15 is 0 Å². The molecule has 2 aromatic rings. The summed E-state index contributed by atoms with van der Waals surface area (Å²) >= 11 is 0. The van der Waals surface area contributed by atoms with Crippen LogP contribution in [0.15, 0.2) is 53.8 Å². The number of hydrogen-bond donors (Lipinski definition) is 0. The molecule has 1 aliphatic heterocycles. The quantitative estimate of drug-likeness (QED) is 0.491. The van der Waals surface area contributed by atoms with Gasteiger partial charge in [-0.2, -0.15) is 0 Å². The van der Waals surface area contributed by atoms with Gasteiger partial charge in [0.25, 0.3) is 5.69 Å². The predicted octanol–water partition coefficient (Wildman–Crippen LogP) is 3.82. The van der Waals surface area contributed by atoms with E-state index in [9.17, 15) is 10.1 Å². The summed E-state index contributed by atoms with van der Waals surface area (Å²) in [6.07, 6.45) is 0.981. The van der Waals surface area contributed by atoms with Gasteiger partial charge in [-0.05, 0) is 31.2 Å². The highest BCUT2D eigenvalue weighted by Crippen LogP contribution is 2.23. The SMILES string of the molecule is Cc1ccc(N2CCC[N+](c3ccc([N+](=O)[O-])cc3)=N2)cc1. The first-order valence-electron chi connectivity index (χ1n) is 7.21. The lowest BCUT2D eigenvalue weighted by atomic mass is 10.2. The third-order valence-corrected chi connectivity index (χ3v) is 3.65. The summed E-state index contributed by atoms with van der Waals surface area (Å²) < 4.78 is 1.88. The van der Waals surface area contributed by atoms with Crippen molar-refractivity contribution >= 4 is 17.1 Å². The second-order valence-electron chi connectivity index (χ2n) is 5.30. The van der Waals surface area contributed by atoms with Gasteiger partial charge in [0.2, 0.25) is 0 Å². The van der Waals surface area contributed by atoms with Gasteiger partial charge in [0.05, 0.1) is 10.1 Å². The van der Waals surface area contributed by atoms with E-state index in [4.69, 9.17) is 0 Å². The summed E-state index contributed by atoms with van der Waals surface area (Å²) in [6.45, 7) is 3.73. The fourth-order valence-corrected chi connectivity index (χ4v) is 2.41. The molecule has 6 nitrogen and oxygen atoms in total. The van der Waals surface area contributed by atoms with E-state index in [0.29, 0.717) is 0 Å². The molecule has 0 saturated heterocycles. The number of rotatable bonds is 3. The first-order valence-corrected chi connectivity index (χ1v) is 7.21. The van der Waals surface area contributed by atoms with Crippen molar-refractivity contribution in [3.63, 3.8) is 0 Å². The van der Waals surface area contributed by atoms with Crippen LogP contribution < -0.4 is 5.01 Å². The number of benzene rings is 2. The first kappa shape index (κ1) is 14.2. The molecule has 0 aliphatic carbocycles. The van der Waals surface area contributed by atoms with Gasteiger partial charge in [0.15, 0.2) is 0 Å². The highest BCUT2D eigenvalue weighted by Gasteiger charge is 2.22. The van der Waals surface area contributed by atoms with Crippen molar-refractivity contribution in [3.05, 3.63) is 64.2 Å². The molecule has 0 bridgehead atoms. The Labute approximate surface area is 128 Å². The molecule has 0 N–H and O–H groups in total. The topological polar surface area (TPSA) is 61.8 Å². The van der Waals surface area contributed by atoms with E-state index in [0.717, 1.165) is 30.9 Å². The molecule has 0 unspecified atom stereocenters. The zero-order valence-corrected chi connectivity index (χ0v) is 12.3. The molecule has 2 aromatic carbocycles. The fourth-order valence-electron chi connectivity index (χ4n) is 2.41. The Morgan fingerprint density at radius 3 is 2.45 bits per heavy atom. The smallest absolute Gasteiger partial charge is 0.258 e. The lowest BCUT2D eigenvalue weighted by Gasteiger charge is -2.17. The van der Waals surface area contributed by atoms with E-state index in [2.05, 4.69) is 36.4 Å². The summed E-state index contributed by atoms with van der Waals surface area (Å²) in [5, 5.41) is 17.3. The Morgan fingerprint density at radius 1 is 1.14 bits per heavy atom. The third kappa shape index (κ3) is 2.95. The average molecular weight is 297 g/mol. The minimum Gasteiger partial charge on any atom is -0.258 e. The average Bonchev–Trinajstić information content (AvgIpc) is 2.56. The number of aryl methyl sites for hydroxylation is 1. The highest BCUT2D eigenvalue weighted by atomic mass is 16.6. The molecule has 0 spiro atoms. The fraction of sp³-hybridized carbons (Fsp3) is 0.250. The normalized spacial score (nSPS) is 14.6. The summed E-state index contributed by atoms with van der Waals surface area (Å²) in [5.41, 5.74) is 3.23. The van der Waals surface area contributed by atoms with Crippen LogP contribution in [0.5, 0.6) is 0 Å². The molecule has 22 heavy (non-hydrogen) atoms. The van der Waals surface area contributed by atoms with Gasteiger partial charge in [-0.25, -0.2) is 0 Å². The monoisotopic (exact) mass is 297 g/mol. The molecular formula is C16H17N4O2+. The van der Waals surface area contributed by atoms with Crippen LogP contribution in [0.4, 0.5) is 17.1 Å².